The standard InChI is InChI=1S/C15H17BrO2/c1-10-4-5-11(16)8-12(10)18-14-9-13(17)15(14)6-2-3-7-15/h4-5,8,14H,2-3,6-7,9H2,1H3. The van der Waals surface area contributed by atoms with Crippen LogP contribution in [-0.4, -0.2) is 11.9 Å². The lowest BCUT2D eigenvalue weighted by Gasteiger charge is -2.45. The highest BCUT2D eigenvalue weighted by molar-refractivity contribution is 9.10. The minimum absolute atomic E-state index is 0.0977. The number of rotatable bonds is 2. The van der Waals surface area contributed by atoms with Crippen molar-refractivity contribution in [3.63, 3.8) is 0 Å². The molecule has 0 bridgehead atoms. The molecule has 0 aliphatic heterocycles. The molecule has 2 nitrogen and oxygen atoms in total. The van der Waals surface area contributed by atoms with E-state index < -0.39 is 0 Å². The number of carbonyl (C=O) groups is 1. The normalized spacial score (nSPS) is 25.2. The molecule has 0 heterocycles. The Bertz CT molecular complexity index is 489. The molecule has 96 valence electrons. The molecule has 0 saturated heterocycles. The highest BCUT2D eigenvalue weighted by atomic mass is 79.9. The molecule has 2 aliphatic rings. The number of ether oxygens (including phenoxy) is 1. The van der Waals surface area contributed by atoms with Crippen LogP contribution in [0.4, 0.5) is 0 Å². The van der Waals surface area contributed by atoms with Crippen molar-refractivity contribution in [3.05, 3.63) is 28.2 Å². The van der Waals surface area contributed by atoms with E-state index in [1.165, 1.54) is 12.8 Å². The van der Waals surface area contributed by atoms with E-state index in [2.05, 4.69) is 15.9 Å². The third-order valence-corrected chi connectivity index (χ3v) is 4.95. The number of hydrogen-bond donors (Lipinski definition) is 0. The van der Waals surface area contributed by atoms with Crippen LogP contribution in [0.2, 0.25) is 0 Å². The average molecular weight is 309 g/mol. The van der Waals surface area contributed by atoms with Crippen molar-refractivity contribution in [1.29, 1.82) is 0 Å². The number of benzene rings is 1. The van der Waals surface area contributed by atoms with Gasteiger partial charge in [-0.3, -0.25) is 4.79 Å². The summed E-state index contributed by atoms with van der Waals surface area (Å²) in [5.74, 6) is 1.32. The first-order chi connectivity index (χ1) is 8.62. The number of Topliss-reactive ketones (excluding diaryl/α,β-unsaturated/α-hetero) is 1. The second kappa shape index (κ2) is 4.37. The molecule has 0 amide bonds. The van der Waals surface area contributed by atoms with Crippen LogP contribution in [0.1, 0.15) is 37.7 Å². The van der Waals surface area contributed by atoms with Crippen LogP contribution >= 0.6 is 15.9 Å². The van der Waals surface area contributed by atoms with Crippen LogP contribution in [0, 0.1) is 12.3 Å². The molecule has 1 aromatic carbocycles. The molecule has 1 unspecified atom stereocenters. The van der Waals surface area contributed by atoms with Gasteiger partial charge in [-0.15, -0.1) is 0 Å². The zero-order chi connectivity index (χ0) is 12.8. The zero-order valence-electron chi connectivity index (χ0n) is 10.5. The number of carbonyl (C=O) groups excluding carboxylic acids is 1. The molecule has 3 heteroatoms. The highest BCUT2D eigenvalue weighted by Crippen LogP contribution is 2.52. The zero-order valence-corrected chi connectivity index (χ0v) is 12.1. The smallest absolute Gasteiger partial charge is 0.146 e. The molecule has 0 N–H and O–H groups in total. The quantitative estimate of drug-likeness (QED) is 0.824. The fourth-order valence-electron chi connectivity index (χ4n) is 3.23. The van der Waals surface area contributed by atoms with Gasteiger partial charge in [-0.2, -0.15) is 0 Å². The summed E-state index contributed by atoms with van der Waals surface area (Å²) in [7, 11) is 0. The Labute approximate surface area is 116 Å². The molecule has 1 aromatic rings. The summed E-state index contributed by atoms with van der Waals surface area (Å²) in [6.07, 6.45) is 5.06. The van der Waals surface area contributed by atoms with Gasteiger partial charge in [0.2, 0.25) is 0 Å². The SMILES string of the molecule is Cc1ccc(Br)cc1OC1CC(=O)C12CCCC2. The Morgan fingerprint density at radius 2 is 2.06 bits per heavy atom. The van der Waals surface area contributed by atoms with Crippen LogP contribution in [0.15, 0.2) is 22.7 Å². The van der Waals surface area contributed by atoms with Crippen molar-refractivity contribution in [2.45, 2.75) is 45.1 Å². The molecule has 2 saturated carbocycles. The lowest BCUT2D eigenvalue weighted by molar-refractivity contribution is -0.151. The molecular formula is C15H17BrO2. The van der Waals surface area contributed by atoms with Gasteiger partial charge in [-0.25, -0.2) is 0 Å². The largest absolute Gasteiger partial charge is 0.489 e. The minimum atomic E-state index is -0.144. The van der Waals surface area contributed by atoms with E-state index in [0.717, 1.165) is 28.6 Å². The summed E-state index contributed by atoms with van der Waals surface area (Å²) in [4.78, 5) is 11.9. The van der Waals surface area contributed by atoms with Crippen LogP contribution in [-0.2, 0) is 4.79 Å². The lowest BCUT2D eigenvalue weighted by atomic mass is 9.63. The molecule has 2 fully saturated rings. The van der Waals surface area contributed by atoms with Gasteiger partial charge >= 0.3 is 0 Å². The van der Waals surface area contributed by atoms with Crippen molar-refractivity contribution < 1.29 is 9.53 Å². The maximum Gasteiger partial charge on any atom is 0.146 e. The first-order valence-corrected chi connectivity index (χ1v) is 7.37. The van der Waals surface area contributed by atoms with Gasteiger partial charge in [0.25, 0.3) is 0 Å². The van der Waals surface area contributed by atoms with E-state index in [9.17, 15) is 4.79 Å². The lowest BCUT2D eigenvalue weighted by Crippen LogP contribution is -2.55. The fraction of sp³-hybridized carbons (Fsp3) is 0.533. The van der Waals surface area contributed by atoms with Gasteiger partial charge in [-0.05, 0) is 37.5 Å². The number of ketones is 1. The molecule has 1 spiro atoms. The first kappa shape index (κ1) is 12.2. The molecule has 2 aliphatic carbocycles. The van der Waals surface area contributed by atoms with Gasteiger partial charge in [0, 0.05) is 10.9 Å². The molecule has 0 aromatic heterocycles. The van der Waals surface area contributed by atoms with Crippen LogP contribution in [0.3, 0.4) is 0 Å². The third-order valence-electron chi connectivity index (χ3n) is 4.46. The minimum Gasteiger partial charge on any atom is -0.489 e. The Morgan fingerprint density at radius 1 is 1.33 bits per heavy atom. The highest BCUT2D eigenvalue weighted by Gasteiger charge is 2.57. The topological polar surface area (TPSA) is 26.3 Å². The summed E-state index contributed by atoms with van der Waals surface area (Å²) in [6, 6.07) is 6.06. The van der Waals surface area contributed by atoms with E-state index in [1.807, 2.05) is 25.1 Å². The monoisotopic (exact) mass is 308 g/mol. The van der Waals surface area contributed by atoms with E-state index >= 15 is 0 Å². The van der Waals surface area contributed by atoms with Crippen molar-refractivity contribution in [1.82, 2.24) is 0 Å². The summed E-state index contributed by atoms with van der Waals surface area (Å²) >= 11 is 3.47. The Balaban J connectivity index is 1.81. The molecule has 18 heavy (non-hydrogen) atoms. The predicted octanol–water partition coefficient (Wildman–Crippen LogP) is 4.04. The summed E-state index contributed by atoms with van der Waals surface area (Å²) in [5.41, 5.74) is 0.986. The Kier molecular flexibility index (Phi) is 2.97. The Hall–Kier alpha value is -0.830. The second-order valence-electron chi connectivity index (χ2n) is 5.51. The summed E-state index contributed by atoms with van der Waals surface area (Å²) in [6.45, 7) is 2.05. The second-order valence-corrected chi connectivity index (χ2v) is 6.42. The molecule has 0 radical (unpaired) electrons. The van der Waals surface area contributed by atoms with Gasteiger partial charge < -0.3 is 4.74 Å². The average Bonchev–Trinajstić information content (AvgIpc) is 2.85. The van der Waals surface area contributed by atoms with Crippen molar-refractivity contribution in [3.8, 4) is 5.75 Å². The van der Waals surface area contributed by atoms with Crippen LogP contribution in [0.25, 0.3) is 0 Å². The van der Waals surface area contributed by atoms with E-state index in [-0.39, 0.29) is 11.5 Å². The van der Waals surface area contributed by atoms with Gasteiger partial charge in [0.15, 0.2) is 0 Å². The molecule has 3 rings (SSSR count). The van der Waals surface area contributed by atoms with Gasteiger partial charge in [0.1, 0.15) is 17.6 Å². The Morgan fingerprint density at radius 3 is 2.72 bits per heavy atom. The number of aryl methyl sites for hydroxylation is 1. The summed E-state index contributed by atoms with van der Waals surface area (Å²) in [5, 5.41) is 0. The van der Waals surface area contributed by atoms with Crippen LogP contribution in [0.5, 0.6) is 5.75 Å². The van der Waals surface area contributed by atoms with Crippen LogP contribution < -0.4 is 4.74 Å². The number of hydrogen-bond acceptors (Lipinski definition) is 2. The molecular weight excluding hydrogens is 292 g/mol. The van der Waals surface area contributed by atoms with Gasteiger partial charge in [-0.1, -0.05) is 34.8 Å². The predicted molar refractivity (Wildman–Crippen MR) is 73.8 cm³/mol. The third kappa shape index (κ3) is 1.80. The van der Waals surface area contributed by atoms with Crippen molar-refractivity contribution in [2.24, 2.45) is 5.41 Å². The molecule has 1 atom stereocenters. The van der Waals surface area contributed by atoms with Crippen molar-refractivity contribution in [2.75, 3.05) is 0 Å². The first-order valence-electron chi connectivity index (χ1n) is 6.58. The van der Waals surface area contributed by atoms with Crippen molar-refractivity contribution >= 4 is 21.7 Å². The van der Waals surface area contributed by atoms with Gasteiger partial charge in [0.05, 0.1) is 5.41 Å². The fourth-order valence-corrected chi connectivity index (χ4v) is 3.57. The van der Waals surface area contributed by atoms with E-state index in [1.54, 1.807) is 0 Å². The van der Waals surface area contributed by atoms with E-state index in [0.29, 0.717) is 12.2 Å². The summed E-state index contributed by atoms with van der Waals surface area (Å²) < 4.78 is 7.14. The number of halogens is 1. The van der Waals surface area contributed by atoms with E-state index in [4.69, 9.17) is 4.74 Å². The maximum absolute atomic E-state index is 11.9. The maximum atomic E-state index is 11.9.